The Morgan fingerprint density at radius 3 is 2.75 bits per heavy atom. The molecule has 0 saturated carbocycles. The zero-order valence-electron chi connectivity index (χ0n) is 10.6. The van der Waals surface area contributed by atoms with Gasteiger partial charge in [0.2, 0.25) is 0 Å². The molecule has 1 aromatic rings. The maximum atomic E-state index is 11.9. The lowest BCUT2D eigenvalue weighted by atomic mass is 10.1. The van der Waals surface area contributed by atoms with Gasteiger partial charge in [0.1, 0.15) is 0 Å². The van der Waals surface area contributed by atoms with Crippen molar-refractivity contribution in [3.63, 3.8) is 0 Å². The highest BCUT2D eigenvalue weighted by atomic mass is 32.1. The molecule has 1 rings (SSSR count). The first-order valence-electron chi connectivity index (χ1n) is 5.98. The van der Waals surface area contributed by atoms with Crippen molar-refractivity contribution in [2.45, 2.75) is 53.0 Å². The van der Waals surface area contributed by atoms with Gasteiger partial charge in [-0.3, -0.25) is 4.79 Å². The highest BCUT2D eigenvalue weighted by Crippen LogP contribution is 2.22. The summed E-state index contributed by atoms with van der Waals surface area (Å²) in [7, 11) is 0. The fraction of sp³-hybridized carbons (Fsp3) is 0.615. The molecule has 0 unspecified atom stereocenters. The molecule has 1 atom stereocenters. The second-order valence-corrected chi connectivity index (χ2v) is 5.48. The summed E-state index contributed by atoms with van der Waals surface area (Å²) in [5.74, 6) is 0.0739. The number of nitrogens with one attached hydrogen (secondary N) is 1. The van der Waals surface area contributed by atoms with E-state index in [0.717, 1.165) is 24.1 Å². The van der Waals surface area contributed by atoms with Crippen molar-refractivity contribution in [2.75, 3.05) is 0 Å². The molecule has 16 heavy (non-hydrogen) atoms. The normalized spacial score (nSPS) is 12.5. The lowest BCUT2D eigenvalue weighted by molar-refractivity contribution is 0.0943. The van der Waals surface area contributed by atoms with Crippen LogP contribution in [0.4, 0.5) is 0 Å². The molecule has 1 amide bonds. The average Bonchev–Trinajstić information content (AvgIpc) is 2.61. The molecule has 0 aromatic carbocycles. The summed E-state index contributed by atoms with van der Waals surface area (Å²) < 4.78 is 0. The summed E-state index contributed by atoms with van der Waals surface area (Å²) in [6, 6.07) is 2.30. The third-order valence-electron chi connectivity index (χ3n) is 2.75. The standard InChI is InChI=1S/C13H21NOS/c1-5-7-11-8-12(16-10(11)4)13(15)14-9(3)6-2/h8-9H,5-7H2,1-4H3,(H,14,15)/t9-/m0/s1. The van der Waals surface area contributed by atoms with Crippen molar-refractivity contribution in [1.29, 1.82) is 0 Å². The minimum Gasteiger partial charge on any atom is -0.349 e. The summed E-state index contributed by atoms with van der Waals surface area (Å²) in [5.41, 5.74) is 1.32. The first-order valence-corrected chi connectivity index (χ1v) is 6.80. The molecule has 0 fully saturated rings. The number of amides is 1. The number of hydrogen-bond acceptors (Lipinski definition) is 2. The maximum Gasteiger partial charge on any atom is 0.261 e. The molecule has 3 heteroatoms. The number of hydrogen-bond donors (Lipinski definition) is 1. The van der Waals surface area contributed by atoms with Gasteiger partial charge < -0.3 is 5.32 Å². The van der Waals surface area contributed by atoms with Crippen LogP contribution in [0.2, 0.25) is 0 Å². The van der Waals surface area contributed by atoms with Crippen LogP contribution in [0, 0.1) is 6.92 Å². The van der Waals surface area contributed by atoms with Gasteiger partial charge in [0, 0.05) is 10.9 Å². The molecule has 1 aromatic heterocycles. The molecule has 2 nitrogen and oxygen atoms in total. The molecular formula is C13H21NOS. The lowest BCUT2D eigenvalue weighted by Gasteiger charge is -2.09. The number of carbonyl (C=O) groups excluding carboxylic acids is 1. The molecule has 1 heterocycles. The van der Waals surface area contributed by atoms with Gasteiger partial charge >= 0.3 is 0 Å². The van der Waals surface area contributed by atoms with E-state index in [9.17, 15) is 4.79 Å². The van der Waals surface area contributed by atoms with Crippen LogP contribution in [-0.2, 0) is 6.42 Å². The van der Waals surface area contributed by atoms with Crippen molar-refractivity contribution in [3.05, 3.63) is 21.4 Å². The molecule has 0 aliphatic heterocycles. The van der Waals surface area contributed by atoms with Crippen LogP contribution in [-0.4, -0.2) is 11.9 Å². The van der Waals surface area contributed by atoms with Crippen LogP contribution in [0.1, 0.15) is 53.7 Å². The Kier molecular flexibility index (Phi) is 5.00. The molecule has 0 spiro atoms. The average molecular weight is 239 g/mol. The summed E-state index contributed by atoms with van der Waals surface area (Å²) in [6.07, 6.45) is 3.17. The van der Waals surface area contributed by atoms with Crippen molar-refractivity contribution < 1.29 is 4.79 Å². The van der Waals surface area contributed by atoms with Crippen molar-refractivity contribution >= 4 is 17.2 Å². The zero-order valence-corrected chi connectivity index (χ0v) is 11.4. The molecule has 90 valence electrons. The Hall–Kier alpha value is -0.830. The highest BCUT2D eigenvalue weighted by Gasteiger charge is 2.13. The summed E-state index contributed by atoms with van der Waals surface area (Å²) in [5, 5.41) is 3.00. The molecule has 1 N–H and O–H groups in total. The predicted molar refractivity (Wildman–Crippen MR) is 70.3 cm³/mol. The van der Waals surface area contributed by atoms with Gasteiger partial charge in [-0.25, -0.2) is 0 Å². The third-order valence-corrected chi connectivity index (χ3v) is 3.85. The molecule has 0 aliphatic carbocycles. The maximum absolute atomic E-state index is 11.9. The first kappa shape index (κ1) is 13.2. The Morgan fingerprint density at radius 2 is 2.19 bits per heavy atom. The van der Waals surface area contributed by atoms with Crippen molar-refractivity contribution in [1.82, 2.24) is 5.32 Å². The lowest BCUT2D eigenvalue weighted by Crippen LogP contribution is -2.31. The van der Waals surface area contributed by atoms with E-state index >= 15 is 0 Å². The quantitative estimate of drug-likeness (QED) is 0.836. The van der Waals surface area contributed by atoms with E-state index in [-0.39, 0.29) is 11.9 Å². The van der Waals surface area contributed by atoms with Crippen LogP contribution in [0.25, 0.3) is 0 Å². The van der Waals surface area contributed by atoms with Crippen molar-refractivity contribution in [3.8, 4) is 0 Å². The van der Waals surface area contributed by atoms with E-state index in [4.69, 9.17) is 0 Å². The van der Waals surface area contributed by atoms with Crippen LogP contribution in [0.15, 0.2) is 6.07 Å². The van der Waals surface area contributed by atoms with Crippen LogP contribution in [0.3, 0.4) is 0 Å². The third kappa shape index (κ3) is 3.34. The van der Waals surface area contributed by atoms with E-state index in [1.807, 2.05) is 13.0 Å². The van der Waals surface area contributed by atoms with E-state index in [1.54, 1.807) is 11.3 Å². The topological polar surface area (TPSA) is 29.1 Å². The Labute approximate surface area is 102 Å². The zero-order chi connectivity index (χ0) is 12.1. The predicted octanol–water partition coefficient (Wildman–Crippen LogP) is 3.54. The van der Waals surface area contributed by atoms with Gasteiger partial charge in [-0.2, -0.15) is 0 Å². The second-order valence-electron chi connectivity index (χ2n) is 4.22. The smallest absolute Gasteiger partial charge is 0.261 e. The monoisotopic (exact) mass is 239 g/mol. The SMILES string of the molecule is CCCc1cc(C(=O)N[C@@H](C)CC)sc1C. The van der Waals surface area contributed by atoms with Gasteiger partial charge in [-0.05, 0) is 38.3 Å². The Bertz CT molecular complexity index is 357. The van der Waals surface area contributed by atoms with E-state index < -0.39 is 0 Å². The Morgan fingerprint density at radius 1 is 1.50 bits per heavy atom. The van der Waals surface area contributed by atoms with Gasteiger partial charge in [0.05, 0.1) is 4.88 Å². The van der Waals surface area contributed by atoms with E-state index in [1.165, 1.54) is 10.4 Å². The molecule has 0 aliphatic rings. The van der Waals surface area contributed by atoms with Crippen LogP contribution >= 0.6 is 11.3 Å². The summed E-state index contributed by atoms with van der Waals surface area (Å²) >= 11 is 1.60. The minimum atomic E-state index is 0.0739. The Balaban J connectivity index is 2.72. The number of thiophene rings is 1. The number of aryl methyl sites for hydroxylation is 2. The van der Waals surface area contributed by atoms with Crippen LogP contribution in [0.5, 0.6) is 0 Å². The molecule has 0 radical (unpaired) electrons. The second kappa shape index (κ2) is 6.04. The highest BCUT2D eigenvalue weighted by molar-refractivity contribution is 7.14. The number of carbonyl (C=O) groups is 1. The van der Waals surface area contributed by atoms with E-state index in [0.29, 0.717) is 0 Å². The van der Waals surface area contributed by atoms with Gasteiger partial charge in [0.15, 0.2) is 0 Å². The molecule has 0 bridgehead atoms. The van der Waals surface area contributed by atoms with Crippen LogP contribution < -0.4 is 5.32 Å². The largest absolute Gasteiger partial charge is 0.349 e. The van der Waals surface area contributed by atoms with Gasteiger partial charge in [-0.15, -0.1) is 11.3 Å². The van der Waals surface area contributed by atoms with E-state index in [2.05, 4.69) is 26.1 Å². The fourth-order valence-electron chi connectivity index (χ4n) is 1.55. The number of rotatable bonds is 5. The summed E-state index contributed by atoms with van der Waals surface area (Å²) in [4.78, 5) is 14.0. The fourth-order valence-corrected chi connectivity index (χ4v) is 2.52. The van der Waals surface area contributed by atoms with Gasteiger partial charge in [-0.1, -0.05) is 20.3 Å². The van der Waals surface area contributed by atoms with Gasteiger partial charge in [0.25, 0.3) is 5.91 Å². The van der Waals surface area contributed by atoms with Crippen molar-refractivity contribution in [2.24, 2.45) is 0 Å². The molecule has 0 saturated heterocycles. The minimum absolute atomic E-state index is 0.0739. The summed E-state index contributed by atoms with van der Waals surface area (Å²) in [6.45, 7) is 8.37. The molecular weight excluding hydrogens is 218 g/mol. The first-order chi connectivity index (χ1) is 7.58.